The Kier molecular flexibility index (Phi) is 6.51. The number of anilines is 1. The summed E-state index contributed by atoms with van der Waals surface area (Å²) in [5.74, 6) is -0.927. The lowest BCUT2D eigenvalue weighted by molar-refractivity contribution is -0.120. The Morgan fingerprint density at radius 1 is 1.00 bits per heavy atom. The highest BCUT2D eigenvalue weighted by atomic mass is 32.2. The Balaban J connectivity index is 1.57. The minimum absolute atomic E-state index is 0.0666. The van der Waals surface area contributed by atoms with Crippen molar-refractivity contribution in [2.75, 3.05) is 10.8 Å². The van der Waals surface area contributed by atoms with Gasteiger partial charge in [-0.25, -0.2) is 12.8 Å². The van der Waals surface area contributed by atoms with E-state index in [1.165, 1.54) is 47.5 Å². The molecule has 0 unspecified atom stereocenters. The highest BCUT2D eigenvalue weighted by molar-refractivity contribution is 7.92. The van der Waals surface area contributed by atoms with Crippen LogP contribution in [0.25, 0.3) is 0 Å². The molecule has 0 bridgehead atoms. The van der Waals surface area contributed by atoms with Gasteiger partial charge in [0.1, 0.15) is 12.4 Å². The summed E-state index contributed by atoms with van der Waals surface area (Å²) in [7, 11) is -4.04. The molecular weight excluding hydrogens is 439 g/mol. The smallest absolute Gasteiger partial charge is 0.264 e. The number of carbonyl (C=O) groups is 1. The number of benzene rings is 3. The summed E-state index contributed by atoms with van der Waals surface area (Å²) >= 11 is 0. The first kappa shape index (κ1) is 23.0. The maximum absolute atomic E-state index is 13.5. The van der Waals surface area contributed by atoms with E-state index < -0.39 is 28.3 Å². The van der Waals surface area contributed by atoms with Gasteiger partial charge in [-0.1, -0.05) is 35.9 Å². The first-order valence-corrected chi connectivity index (χ1v) is 12.4. The molecule has 0 saturated carbocycles. The third-order valence-electron chi connectivity index (χ3n) is 6.01. The van der Waals surface area contributed by atoms with Crippen LogP contribution in [0, 0.1) is 12.7 Å². The van der Waals surface area contributed by atoms with Crippen molar-refractivity contribution < 1.29 is 17.6 Å². The second-order valence-corrected chi connectivity index (χ2v) is 10.3. The predicted octanol–water partition coefficient (Wildman–Crippen LogP) is 4.70. The Bertz CT molecular complexity index is 1260. The summed E-state index contributed by atoms with van der Waals surface area (Å²) in [6, 6.07) is 17.4. The zero-order chi connectivity index (χ0) is 23.6. The van der Waals surface area contributed by atoms with E-state index in [0.717, 1.165) is 34.7 Å². The summed E-state index contributed by atoms with van der Waals surface area (Å²) in [5.41, 5.74) is 4.78. The summed E-state index contributed by atoms with van der Waals surface area (Å²) in [6.45, 7) is 3.32. The fourth-order valence-corrected chi connectivity index (χ4v) is 5.54. The van der Waals surface area contributed by atoms with Crippen molar-refractivity contribution in [2.24, 2.45) is 0 Å². The normalized spacial score (nSPS) is 13.9. The summed E-state index contributed by atoms with van der Waals surface area (Å²) in [4.78, 5) is 13.0. The molecule has 3 aromatic rings. The molecule has 0 radical (unpaired) electrons. The maximum atomic E-state index is 13.5. The fourth-order valence-electron chi connectivity index (χ4n) is 4.12. The zero-order valence-electron chi connectivity index (χ0n) is 18.7. The number of nitrogens with one attached hydrogen (secondary N) is 1. The van der Waals surface area contributed by atoms with Gasteiger partial charge in [0.05, 0.1) is 16.6 Å². The van der Waals surface area contributed by atoms with Gasteiger partial charge < -0.3 is 5.32 Å². The number of hydrogen-bond acceptors (Lipinski definition) is 3. The van der Waals surface area contributed by atoms with Crippen molar-refractivity contribution in [3.05, 3.63) is 94.8 Å². The number of sulfonamides is 1. The van der Waals surface area contributed by atoms with Crippen LogP contribution < -0.4 is 9.62 Å². The molecule has 0 saturated heterocycles. The van der Waals surface area contributed by atoms with Gasteiger partial charge in [0, 0.05) is 0 Å². The fraction of sp³-hybridized carbons (Fsp3) is 0.269. The minimum Gasteiger partial charge on any atom is -0.348 e. The number of nitrogens with zero attached hydrogens (tertiary/aromatic N) is 1. The number of amides is 1. The van der Waals surface area contributed by atoms with Gasteiger partial charge in [-0.05, 0) is 86.2 Å². The van der Waals surface area contributed by atoms with Gasteiger partial charge in [0.15, 0.2) is 0 Å². The number of carbonyl (C=O) groups excluding carboxylic acids is 1. The lowest BCUT2D eigenvalue weighted by Crippen LogP contribution is -2.41. The molecule has 1 amide bonds. The minimum atomic E-state index is -4.04. The van der Waals surface area contributed by atoms with Crippen LogP contribution in [-0.2, 0) is 27.7 Å². The van der Waals surface area contributed by atoms with E-state index in [1.54, 1.807) is 12.1 Å². The average molecular weight is 467 g/mol. The van der Waals surface area contributed by atoms with Crippen LogP contribution >= 0.6 is 0 Å². The Labute approximate surface area is 194 Å². The van der Waals surface area contributed by atoms with Crippen LogP contribution in [0.5, 0.6) is 0 Å². The zero-order valence-corrected chi connectivity index (χ0v) is 19.5. The first-order valence-electron chi connectivity index (χ1n) is 11.0. The van der Waals surface area contributed by atoms with Crippen LogP contribution in [0.2, 0.25) is 0 Å². The quantitative estimate of drug-likeness (QED) is 0.549. The molecule has 3 aromatic carbocycles. The lowest BCUT2D eigenvalue weighted by Gasteiger charge is -2.25. The van der Waals surface area contributed by atoms with E-state index in [-0.39, 0.29) is 16.6 Å². The highest BCUT2D eigenvalue weighted by Gasteiger charge is 2.28. The monoisotopic (exact) mass is 466 g/mol. The van der Waals surface area contributed by atoms with Gasteiger partial charge in [0.25, 0.3) is 10.0 Å². The van der Waals surface area contributed by atoms with E-state index in [0.29, 0.717) is 0 Å². The average Bonchev–Trinajstić information content (AvgIpc) is 3.26. The van der Waals surface area contributed by atoms with Crippen molar-refractivity contribution in [3.8, 4) is 0 Å². The molecule has 0 aliphatic heterocycles. The summed E-state index contributed by atoms with van der Waals surface area (Å²) in [6.07, 6.45) is 3.26. The molecule has 0 aromatic heterocycles. The first-order chi connectivity index (χ1) is 15.7. The van der Waals surface area contributed by atoms with E-state index >= 15 is 0 Å². The second-order valence-electron chi connectivity index (χ2n) is 8.47. The lowest BCUT2D eigenvalue weighted by atomic mass is 10.0. The topological polar surface area (TPSA) is 66.5 Å². The van der Waals surface area contributed by atoms with Gasteiger partial charge in [-0.15, -0.1) is 0 Å². The summed E-state index contributed by atoms with van der Waals surface area (Å²) < 4.78 is 41.3. The van der Waals surface area contributed by atoms with Crippen molar-refractivity contribution in [1.29, 1.82) is 0 Å². The number of halogens is 1. The van der Waals surface area contributed by atoms with Crippen LogP contribution in [0.15, 0.2) is 71.6 Å². The predicted molar refractivity (Wildman–Crippen MR) is 127 cm³/mol. The molecule has 0 fully saturated rings. The molecule has 0 spiro atoms. The Morgan fingerprint density at radius 2 is 1.67 bits per heavy atom. The highest BCUT2D eigenvalue weighted by Crippen LogP contribution is 2.26. The standard InChI is InChI=1S/C26H27FN2O3S/c1-18-6-14-25(15-7-18)33(31,32)29(24-12-10-23(27)11-13-24)17-26(30)28-19(2)21-9-8-20-4-3-5-22(20)16-21/h6-16,19H,3-5,17H2,1-2H3,(H,28,30)/t19-/m1/s1. The largest absolute Gasteiger partial charge is 0.348 e. The number of aryl methyl sites for hydroxylation is 3. The van der Waals surface area contributed by atoms with E-state index in [2.05, 4.69) is 17.4 Å². The van der Waals surface area contributed by atoms with Gasteiger partial charge >= 0.3 is 0 Å². The van der Waals surface area contributed by atoms with Crippen LogP contribution in [0.1, 0.15) is 41.6 Å². The summed E-state index contributed by atoms with van der Waals surface area (Å²) in [5, 5.41) is 2.91. The van der Waals surface area contributed by atoms with Crippen molar-refractivity contribution in [1.82, 2.24) is 5.32 Å². The van der Waals surface area contributed by atoms with Crippen molar-refractivity contribution in [2.45, 2.75) is 44.0 Å². The molecule has 1 atom stereocenters. The number of rotatable bonds is 7. The third kappa shape index (κ3) is 5.09. The molecule has 1 aliphatic carbocycles. The second kappa shape index (κ2) is 9.35. The van der Waals surface area contributed by atoms with Gasteiger partial charge in [-0.3, -0.25) is 9.10 Å². The number of fused-ring (bicyclic) bond motifs is 1. The molecule has 0 heterocycles. The van der Waals surface area contributed by atoms with E-state index in [9.17, 15) is 17.6 Å². The van der Waals surface area contributed by atoms with Crippen molar-refractivity contribution in [3.63, 3.8) is 0 Å². The number of hydrogen-bond donors (Lipinski definition) is 1. The van der Waals surface area contributed by atoms with Crippen LogP contribution in [-0.4, -0.2) is 20.9 Å². The molecule has 1 aliphatic rings. The molecular formula is C26H27FN2O3S. The third-order valence-corrected chi connectivity index (χ3v) is 7.80. The van der Waals surface area contributed by atoms with Crippen LogP contribution in [0.3, 0.4) is 0 Å². The Morgan fingerprint density at radius 3 is 2.36 bits per heavy atom. The van der Waals surface area contributed by atoms with Gasteiger partial charge in [0.2, 0.25) is 5.91 Å². The van der Waals surface area contributed by atoms with E-state index in [4.69, 9.17) is 0 Å². The molecule has 172 valence electrons. The maximum Gasteiger partial charge on any atom is 0.264 e. The molecule has 7 heteroatoms. The van der Waals surface area contributed by atoms with E-state index in [1.807, 2.05) is 19.9 Å². The SMILES string of the molecule is Cc1ccc(S(=O)(=O)N(CC(=O)N[C@H](C)c2ccc3c(c2)CCC3)c2ccc(F)cc2)cc1. The van der Waals surface area contributed by atoms with Gasteiger partial charge in [-0.2, -0.15) is 0 Å². The molecule has 5 nitrogen and oxygen atoms in total. The Hall–Kier alpha value is -3.19. The molecule has 4 rings (SSSR count). The molecule has 1 N–H and O–H groups in total. The molecule has 33 heavy (non-hydrogen) atoms. The van der Waals surface area contributed by atoms with Crippen molar-refractivity contribution >= 4 is 21.6 Å². The van der Waals surface area contributed by atoms with Crippen LogP contribution in [0.4, 0.5) is 10.1 Å².